The lowest BCUT2D eigenvalue weighted by molar-refractivity contribution is -0.136. The monoisotopic (exact) mass is 396 g/mol. The van der Waals surface area contributed by atoms with Gasteiger partial charge in [0.25, 0.3) is 0 Å². The first-order valence-electron chi connectivity index (χ1n) is 10.1. The molecule has 0 aromatic carbocycles. The number of hydrogen-bond donors (Lipinski definition) is 0. The Morgan fingerprint density at radius 2 is 1.81 bits per heavy atom. The van der Waals surface area contributed by atoms with Gasteiger partial charge in [-0.1, -0.05) is 13.8 Å². The van der Waals surface area contributed by atoms with Crippen molar-refractivity contribution in [2.45, 2.75) is 50.8 Å². The van der Waals surface area contributed by atoms with Crippen LogP contribution in [0.1, 0.15) is 46.0 Å². The highest BCUT2D eigenvalue weighted by Crippen LogP contribution is 2.34. The molecule has 7 nitrogen and oxygen atoms in total. The molecule has 0 spiro atoms. The van der Waals surface area contributed by atoms with Gasteiger partial charge in [0.2, 0.25) is 15.9 Å². The molecule has 1 saturated carbocycles. The Balaban J connectivity index is 1.59. The third-order valence-electron chi connectivity index (χ3n) is 6.15. The quantitative estimate of drug-likeness (QED) is 0.781. The molecule has 1 aromatic rings. The molecule has 1 aromatic heterocycles. The van der Waals surface area contributed by atoms with E-state index in [-0.39, 0.29) is 16.7 Å². The van der Waals surface area contributed by atoms with Crippen LogP contribution < -0.4 is 0 Å². The van der Waals surface area contributed by atoms with Crippen LogP contribution >= 0.6 is 0 Å². The summed E-state index contributed by atoms with van der Waals surface area (Å²) in [5.41, 5.74) is 0. The first-order valence-corrected chi connectivity index (χ1v) is 11.5. The lowest BCUT2D eigenvalue weighted by atomic mass is 9.76. The molecule has 0 N–H and O–H groups in total. The summed E-state index contributed by atoms with van der Waals surface area (Å²) in [6.07, 6.45) is 7.78. The molecule has 1 saturated heterocycles. The van der Waals surface area contributed by atoms with E-state index in [0.717, 1.165) is 31.6 Å². The van der Waals surface area contributed by atoms with Crippen molar-refractivity contribution in [1.29, 1.82) is 0 Å². The number of carbonyl (C=O) groups excluding carboxylic acids is 1. The van der Waals surface area contributed by atoms with E-state index in [1.54, 1.807) is 7.05 Å². The molecular weight excluding hydrogens is 364 g/mol. The van der Waals surface area contributed by atoms with Crippen molar-refractivity contribution in [3.05, 3.63) is 12.4 Å². The summed E-state index contributed by atoms with van der Waals surface area (Å²) in [6.45, 7) is 6.44. The second-order valence-electron chi connectivity index (χ2n) is 8.29. The van der Waals surface area contributed by atoms with Crippen LogP contribution in [0.4, 0.5) is 0 Å². The van der Waals surface area contributed by atoms with E-state index in [4.69, 9.17) is 0 Å². The van der Waals surface area contributed by atoms with E-state index in [1.807, 2.05) is 4.90 Å². The summed E-state index contributed by atoms with van der Waals surface area (Å²) in [5.74, 6) is 1.75. The van der Waals surface area contributed by atoms with E-state index < -0.39 is 10.0 Å². The summed E-state index contributed by atoms with van der Waals surface area (Å²) >= 11 is 0. The highest BCUT2D eigenvalue weighted by Gasteiger charge is 2.33. The minimum atomic E-state index is -3.54. The van der Waals surface area contributed by atoms with Crippen molar-refractivity contribution in [1.82, 2.24) is 19.0 Å². The van der Waals surface area contributed by atoms with Gasteiger partial charge in [-0.25, -0.2) is 8.42 Å². The summed E-state index contributed by atoms with van der Waals surface area (Å²) in [6, 6.07) is 0. The van der Waals surface area contributed by atoms with Crippen LogP contribution in [0.5, 0.6) is 0 Å². The molecule has 0 atom stereocenters. The average molecular weight is 397 g/mol. The molecule has 2 fully saturated rings. The number of aromatic nitrogens is 2. The average Bonchev–Trinajstić information content (AvgIpc) is 2.94. The second-order valence-corrected chi connectivity index (χ2v) is 10.2. The van der Waals surface area contributed by atoms with Gasteiger partial charge in [0, 0.05) is 45.3 Å². The highest BCUT2D eigenvalue weighted by molar-refractivity contribution is 7.89. The SMILES string of the molecule is CC(C)C1CCC(C(=O)N2CCCN(S(=O)(=O)c3cnn(C)c3)CC2)CC1. The molecule has 1 amide bonds. The van der Waals surface area contributed by atoms with E-state index >= 15 is 0 Å². The lowest BCUT2D eigenvalue weighted by Crippen LogP contribution is -2.41. The zero-order valence-electron chi connectivity index (χ0n) is 16.7. The Bertz CT molecular complexity index is 751. The molecule has 3 rings (SSSR count). The van der Waals surface area contributed by atoms with Crippen LogP contribution in [0.3, 0.4) is 0 Å². The maximum atomic E-state index is 13.0. The van der Waals surface area contributed by atoms with Crippen molar-refractivity contribution in [2.75, 3.05) is 26.2 Å². The first kappa shape index (κ1) is 20.3. The molecule has 1 aliphatic carbocycles. The molecule has 2 aliphatic rings. The van der Waals surface area contributed by atoms with Gasteiger partial charge in [-0.2, -0.15) is 9.40 Å². The van der Waals surface area contributed by atoms with Crippen LogP contribution in [0.2, 0.25) is 0 Å². The van der Waals surface area contributed by atoms with Crippen molar-refractivity contribution in [3.8, 4) is 0 Å². The number of carbonyl (C=O) groups is 1. The molecule has 2 heterocycles. The summed E-state index contributed by atoms with van der Waals surface area (Å²) in [4.78, 5) is 15.1. The fraction of sp³-hybridized carbons (Fsp3) is 0.789. The van der Waals surface area contributed by atoms with Crippen LogP contribution in [0.25, 0.3) is 0 Å². The van der Waals surface area contributed by atoms with Crippen molar-refractivity contribution < 1.29 is 13.2 Å². The van der Waals surface area contributed by atoms with Gasteiger partial charge in [-0.05, 0) is 43.9 Å². The van der Waals surface area contributed by atoms with Gasteiger partial charge in [-0.3, -0.25) is 9.48 Å². The molecule has 27 heavy (non-hydrogen) atoms. The fourth-order valence-corrected chi connectivity index (χ4v) is 5.78. The number of nitrogens with zero attached hydrogens (tertiary/aromatic N) is 4. The van der Waals surface area contributed by atoms with E-state index in [2.05, 4.69) is 18.9 Å². The first-order chi connectivity index (χ1) is 12.8. The maximum absolute atomic E-state index is 13.0. The van der Waals surface area contributed by atoms with E-state index in [9.17, 15) is 13.2 Å². The molecular formula is C19H32N4O3S. The van der Waals surface area contributed by atoms with Crippen molar-refractivity contribution in [3.63, 3.8) is 0 Å². The Labute approximate surface area is 162 Å². The number of rotatable bonds is 4. The molecule has 0 radical (unpaired) electrons. The largest absolute Gasteiger partial charge is 0.341 e. The van der Waals surface area contributed by atoms with E-state index in [0.29, 0.717) is 38.5 Å². The smallest absolute Gasteiger partial charge is 0.246 e. The molecule has 0 unspecified atom stereocenters. The Hall–Kier alpha value is -1.41. The number of hydrogen-bond acceptors (Lipinski definition) is 4. The van der Waals surface area contributed by atoms with Crippen LogP contribution in [-0.2, 0) is 21.9 Å². The van der Waals surface area contributed by atoms with Crippen LogP contribution in [0.15, 0.2) is 17.3 Å². The van der Waals surface area contributed by atoms with Crippen LogP contribution in [-0.4, -0.2) is 59.5 Å². The predicted molar refractivity (Wildman–Crippen MR) is 103 cm³/mol. The van der Waals surface area contributed by atoms with Gasteiger partial charge >= 0.3 is 0 Å². The van der Waals surface area contributed by atoms with Gasteiger partial charge in [0.1, 0.15) is 4.90 Å². The number of amides is 1. The summed E-state index contributed by atoms with van der Waals surface area (Å²) < 4.78 is 28.6. The third kappa shape index (κ3) is 4.54. The Morgan fingerprint density at radius 1 is 1.11 bits per heavy atom. The number of sulfonamides is 1. The topological polar surface area (TPSA) is 75.5 Å². The third-order valence-corrected chi connectivity index (χ3v) is 8.00. The zero-order valence-corrected chi connectivity index (χ0v) is 17.5. The van der Waals surface area contributed by atoms with Gasteiger partial charge in [0.15, 0.2) is 0 Å². The van der Waals surface area contributed by atoms with Gasteiger partial charge < -0.3 is 4.90 Å². The lowest BCUT2D eigenvalue weighted by Gasteiger charge is -2.33. The van der Waals surface area contributed by atoms with Crippen molar-refractivity contribution in [2.24, 2.45) is 24.8 Å². The molecule has 8 heteroatoms. The predicted octanol–water partition coefficient (Wildman–Crippen LogP) is 2.11. The number of aryl methyl sites for hydroxylation is 1. The Morgan fingerprint density at radius 3 is 2.41 bits per heavy atom. The van der Waals surface area contributed by atoms with Gasteiger partial charge in [-0.15, -0.1) is 0 Å². The zero-order chi connectivity index (χ0) is 19.6. The molecule has 1 aliphatic heterocycles. The standard InChI is InChI=1S/C19H32N4O3S/c1-15(2)16-5-7-17(8-6-16)19(24)22-9-4-10-23(12-11-22)27(25,26)18-13-20-21(3)14-18/h13-17H,4-12H2,1-3H3. The molecule has 152 valence electrons. The summed E-state index contributed by atoms with van der Waals surface area (Å²) in [5, 5.41) is 3.97. The molecule has 0 bridgehead atoms. The Kier molecular flexibility index (Phi) is 6.25. The fourth-order valence-electron chi connectivity index (χ4n) is 4.33. The normalized spacial score (nSPS) is 25.6. The maximum Gasteiger partial charge on any atom is 0.246 e. The van der Waals surface area contributed by atoms with Crippen molar-refractivity contribution >= 4 is 15.9 Å². The second kappa shape index (κ2) is 8.31. The van der Waals surface area contributed by atoms with Crippen LogP contribution in [0, 0.1) is 17.8 Å². The minimum absolute atomic E-state index is 0.112. The summed E-state index contributed by atoms with van der Waals surface area (Å²) in [7, 11) is -1.84. The van der Waals surface area contributed by atoms with Gasteiger partial charge in [0.05, 0.1) is 6.20 Å². The van der Waals surface area contributed by atoms with E-state index in [1.165, 1.54) is 21.4 Å². The highest BCUT2D eigenvalue weighted by atomic mass is 32.2. The minimum Gasteiger partial charge on any atom is -0.341 e.